The quantitative estimate of drug-likeness (QED) is 0.610. The fraction of sp³-hybridized carbons (Fsp3) is 0.600. The van der Waals surface area contributed by atoms with Crippen LogP contribution in [-0.4, -0.2) is 5.11 Å². The second kappa shape index (κ2) is 6.12. The van der Waals surface area contributed by atoms with E-state index in [4.69, 9.17) is 0 Å². The Hall–Kier alpha value is -1.10. The van der Waals surface area contributed by atoms with E-state index < -0.39 is 23.7 Å². The first-order valence-corrected chi connectivity index (χ1v) is 6.93. The fourth-order valence-electron chi connectivity index (χ4n) is 2.85. The molecular weight excluding hydrogens is 272 g/mol. The molecular formula is C15H18F4O. The molecule has 1 unspecified atom stereocenters. The van der Waals surface area contributed by atoms with Crippen LogP contribution in [0.25, 0.3) is 0 Å². The van der Waals surface area contributed by atoms with Gasteiger partial charge in [0.25, 0.3) is 0 Å². The lowest BCUT2D eigenvalue weighted by molar-refractivity contribution is -0.137. The minimum Gasteiger partial charge on any atom is -0.388 e. The first-order chi connectivity index (χ1) is 9.38. The van der Waals surface area contributed by atoms with Crippen molar-refractivity contribution in [3.63, 3.8) is 0 Å². The summed E-state index contributed by atoms with van der Waals surface area (Å²) < 4.78 is 51.4. The molecule has 0 amide bonds. The van der Waals surface area contributed by atoms with Gasteiger partial charge in [-0.25, -0.2) is 4.39 Å². The third-order valence-corrected chi connectivity index (χ3v) is 3.94. The number of aliphatic hydroxyl groups is 1. The highest BCUT2D eigenvalue weighted by Gasteiger charge is 2.32. The van der Waals surface area contributed by atoms with Crippen molar-refractivity contribution in [2.75, 3.05) is 0 Å². The van der Waals surface area contributed by atoms with Crippen LogP contribution in [0.1, 0.15) is 55.8 Å². The van der Waals surface area contributed by atoms with Crippen molar-refractivity contribution in [1.82, 2.24) is 0 Å². The molecule has 1 aromatic carbocycles. The van der Waals surface area contributed by atoms with Gasteiger partial charge in [0.1, 0.15) is 5.82 Å². The summed E-state index contributed by atoms with van der Waals surface area (Å²) >= 11 is 0. The Morgan fingerprint density at radius 3 is 2.15 bits per heavy atom. The zero-order chi connectivity index (χ0) is 14.8. The van der Waals surface area contributed by atoms with Crippen LogP contribution in [0.15, 0.2) is 18.2 Å². The lowest BCUT2D eigenvalue weighted by Gasteiger charge is -2.22. The zero-order valence-corrected chi connectivity index (χ0v) is 11.1. The SMILES string of the molecule is OC(c1cc(F)cc(C(F)(F)F)c1)C1CCCCCC1. The molecule has 0 aromatic heterocycles. The predicted octanol–water partition coefficient (Wildman–Crippen LogP) is 4.85. The Bertz CT molecular complexity index is 448. The molecule has 0 spiro atoms. The maximum atomic E-state index is 13.4. The number of hydrogen-bond donors (Lipinski definition) is 1. The summed E-state index contributed by atoms with van der Waals surface area (Å²) in [5.74, 6) is -1.04. The summed E-state index contributed by atoms with van der Waals surface area (Å²) in [5, 5.41) is 10.3. The molecule has 112 valence electrons. The van der Waals surface area contributed by atoms with E-state index >= 15 is 0 Å². The van der Waals surface area contributed by atoms with E-state index in [2.05, 4.69) is 0 Å². The van der Waals surface area contributed by atoms with E-state index in [1.54, 1.807) is 0 Å². The van der Waals surface area contributed by atoms with E-state index in [0.717, 1.165) is 50.7 Å². The molecule has 1 atom stereocenters. The van der Waals surface area contributed by atoms with Crippen LogP contribution in [-0.2, 0) is 6.18 Å². The van der Waals surface area contributed by atoms with Gasteiger partial charge in [-0.05, 0) is 42.5 Å². The van der Waals surface area contributed by atoms with Gasteiger partial charge in [0.05, 0.1) is 11.7 Å². The van der Waals surface area contributed by atoms with E-state index in [1.807, 2.05) is 0 Å². The smallest absolute Gasteiger partial charge is 0.388 e. The monoisotopic (exact) mass is 290 g/mol. The molecule has 20 heavy (non-hydrogen) atoms. The molecule has 1 aliphatic carbocycles. The molecule has 1 saturated carbocycles. The van der Waals surface area contributed by atoms with Gasteiger partial charge >= 0.3 is 6.18 Å². The summed E-state index contributed by atoms with van der Waals surface area (Å²) in [6, 6.07) is 2.33. The molecule has 0 bridgehead atoms. The highest BCUT2D eigenvalue weighted by molar-refractivity contribution is 5.28. The van der Waals surface area contributed by atoms with E-state index in [0.29, 0.717) is 6.07 Å². The predicted molar refractivity (Wildman–Crippen MR) is 67.6 cm³/mol. The Morgan fingerprint density at radius 1 is 1.00 bits per heavy atom. The van der Waals surface area contributed by atoms with Crippen molar-refractivity contribution in [3.8, 4) is 0 Å². The van der Waals surface area contributed by atoms with Gasteiger partial charge in [-0.3, -0.25) is 0 Å². The number of rotatable bonds is 2. The highest BCUT2D eigenvalue weighted by Crippen LogP contribution is 2.36. The van der Waals surface area contributed by atoms with E-state index in [-0.39, 0.29) is 11.5 Å². The molecule has 0 aliphatic heterocycles. The molecule has 1 aliphatic rings. The first kappa shape index (κ1) is 15.3. The average molecular weight is 290 g/mol. The molecule has 1 nitrogen and oxygen atoms in total. The molecule has 0 heterocycles. The molecule has 1 fully saturated rings. The van der Waals surface area contributed by atoms with Gasteiger partial charge in [-0.1, -0.05) is 25.7 Å². The molecule has 5 heteroatoms. The van der Waals surface area contributed by atoms with Crippen LogP contribution in [0, 0.1) is 11.7 Å². The summed E-state index contributed by atoms with van der Waals surface area (Å²) in [4.78, 5) is 0. The third-order valence-electron chi connectivity index (χ3n) is 3.94. The molecule has 2 rings (SSSR count). The number of alkyl halides is 3. The van der Waals surface area contributed by atoms with Crippen molar-refractivity contribution < 1.29 is 22.7 Å². The largest absolute Gasteiger partial charge is 0.416 e. The number of halogens is 4. The number of aliphatic hydroxyl groups excluding tert-OH is 1. The van der Waals surface area contributed by atoms with Crippen LogP contribution < -0.4 is 0 Å². The zero-order valence-electron chi connectivity index (χ0n) is 11.1. The number of hydrogen-bond acceptors (Lipinski definition) is 1. The molecule has 1 N–H and O–H groups in total. The Morgan fingerprint density at radius 2 is 1.60 bits per heavy atom. The normalized spacial score (nSPS) is 19.6. The van der Waals surface area contributed by atoms with Crippen LogP contribution in [0.3, 0.4) is 0 Å². The van der Waals surface area contributed by atoms with Gasteiger partial charge in [-0.2, -0.15) is 13.2 Å². The Balaban J connectivity index is 2.24. The van der Waals surface area contributed by atoms with Crippen LogP contribution in [0.4, 0.5) is 17.6 Å². The second-order valence-corrected chi connectivity index (χ2v) is 5.47. The van der Waals surface area contributed by atoms with Gasteiger partial charge in [0.2, 0.25) is 0 Å². The topological polar surface area (TPSA) is 20.2 Å². The van der Waals surface area contributed by atoms with Crippen LogP contribution >= 0.6 is 0 Å². The van der Waals surface area contributed by atoms with Crippen molar-refractivity contribution >= 4 is 0 Å². The van der Waals surface area contributed by atoms with E-state index in [1.165, 1.54) is 0 Å². The van der Waals surface area contributed by atoms with Crippen LogP contribution in [0.5, 0.6) is 0 Å². The maximum absolute atomic E-state index is 13.4. The highest BCUT2D eigenvalue weighted by atomic mass is 19.4. The summed E-state index contributed by atoms with van der Waals surface area (Å²) in [7, 11) is 0. The molecule has 0 radical (unpaired) electrons. The standard InChI is InChI=1S/C15H18F4O/c16-13-8-11(7-12(9-13)15(17,18)19)14(20)10-5-3-1-2-4-6-10/h7-10,14,20H,1-6H2. The third kappa shape index (κ3) is 3.72. The average Bonchev–Trinajstić information content (AvgIpc) is 2.65. The number of benzene rings is 1. The maximum Gasteiger partial charge on any atom is 0.416 e. The van der Waals surface area contributed by atoms with Crippen molar-refractivity contribution in [1.29, 1.82) is 0 Å². The first-order valence-electron chi connectivity index (χ1n) is 6.93. The summed E-state index contributed by atoms with van der Waals surface area (Å²) in [6.07, 6.45) is 0.0232. The Kier molecular flexibility index (Phi) is 4.68. The molecule has 1 aromatic rings. The van der Waals surface area contributed by atoms with Gasteiger partial charge in [-0.15, -0.1) is 0 Å². The van der Waals surface area contributed by atoms with Crippen molar-refractivity contribution in [2.24, 2.45) is 5.92 Å². The van der Waals surface area contributed by atoms with E-state index in [9.17, 15) is 22.7 Å². The van der Waals surface area contributed by atoms with Crippen molar-refractivity contribution in [3.05, 3.63) is 35.1 Å². The minimum atomic E-state index is -4.60. The van der Waals surface area contributed by atoms with Gasteiger partial charge in [0, 0.05) is 0 Å². The lowest BCUT2D eigenvalue weighted by atomic mass is 9.89. The fourth-order valence-corrected chi connectivity index (χ4v) is 2.85. The summed E-state index contributed by atoms with van der Waals surface area (Å²) in [5.41, 5.74) is -1.01. The van der Waals surface area contributed by atoms with Gasteiger partial charge in [0.15, 0.2) is 0 Å². The minimum absolute atomic E-state index is 0.0317. The second-order valence-electron chi connectivity index (χ2n) is 5.47. The van der Waals surface area contributed by atoms with Crippen LogP contribution in [0.2, 0.25) is 0 Å². The lowest BCUT2D eigenvalue weighted by Crippen LogP contribution is -2.14. The van der Waals surface area contributed by atoms with Crippen molar-refractivity contribution in [2.45, 2.75) is 50.8 Å². The summed E-state index contributed by atoms with van der Waals surface area (Å²) in [6.45, 7) is 0. The molecule has 0 saturated heterocycles. The van der Waals surface area contributed by atoms with Gasteiger partial charge < -0.3 is 5.11 Å². The Labute approximate surface area is 115 Å².